The molecular weight excluding hydrogens is 318 g/mol. The number of rotatable bonds is 6. The van der Waals surface area contributed by atoms with Gasteiger partial charge in [-0.2, -0.15) is 5.10 Å². The molecule has 2 atom stereocenters. The number of aryl methyl sites for hydroxylation is 1. The highest BCUT2D eigenvalue weighted by Crippen LogP contribution is 2.32. The highest BCUT2D eigenvalue weighted by atomic mass is 16.2. The van der Waals surface area contributed by atoms with Crippen LogP contribution in [0.1, 0.15) is 46.0 Å². The Morgan fingerprint density at radius 3 is 2.92 bits per heavy atom. The highest BCUT2D eigenvalue weighted by molar-refractivity contribution is 5.78. The monoisotopic (exact) mass is 347 g/mol. The van der Waals surface area contributed by atoms with Crippen molar-refractivity contribution in [1.29, 1.82) is 0 Å². The summed E-state index contributed by atoms with van der Waals surface area (Å²) in [6.07, 6.45) is 6.98. The van der Waals surface area contributed by atoms with Crippen molar-refractivity contribution in [3.05, 3.63) is 12.7 Å². The third kappa shape index (κ3) is 4.38. The van der Waals surface area contributed by atoms with E-state index in [1.54, 1.807) is 11.0 Å². The molecule has 0 spiro atoms. The molecule has 1 aromatic heterocycles. The van der Waals surface area contributed by atoms with E-state index in [9.17, 15) is 9.59 Å². The number of fused-ring (bicyclic) bond motifs is 1. The summed E-state index contributed by atoms with van der Waals surface area (Å²) >= 11 is 0. The van der Waals surface area contributed by atoms with Gasteiger partial charge in [0.1, 0.15) is 12.7 Å². The SMILES string of the molecule is CC(C)CN1C(=O)CC[C@H]2CN(C(=O)CCCn3cncn3)CC[C@H]21. The van der Waals surface area contributed by atoms with E-state index in [2.05, 4.69) is 28.8 Å². The Balaban J connectivity index is 1.50. The first kappa shape index (κ1) is 17.9. The summed E-state index contributed by atoms with van der Waals surface area (Å²) in [7, 11) is 0. The average molecular weight is 347 g/mol. The van der Waals surface area contributed by atoms with Crippen LogP contribution in [0, 0.1) is 11.8 Å². The van der Waals surface area contributed by atoms with Crippen LogP contribution in [0.3, 0.4) is 0 Å². The number of likely N-dealkylation sites (tertiary alicyclic amines) is 2. The van der Waals surface area contributed by atoms with Crippen LogP contribution in [0.25, 0.3) is 0 Å². The van der Waals surface area contributed by atoms with Crippen molar-refractivity contribution in [1.82, 2.24) is 24.6 Å². The second-order valence-electron chi connectivity index (χ2n) is 7.70. The minimum Gasteiger partial charge on any atom is -0.342 e. The minimum absolute atomic E-state index is 0.228. The predicted octanol–water partition coefficient (Wildman–Crippen LogP) is 1.55. The van der Waals surface area contributed by atoms with Gasteiger partial charge in [-0.25, -0.2) is 4.98 Å². The van der Waals surface area contributed by atoms with Gasteiger partial charge in [-0.15, -0.1) is 0 Å². The molecule has 3 rings (SSSR count). The van der Waals surface area contributed by atoms with Crippen LogP contribution in [0.15, 0.2) is 12.7 Å². The Kier molecular flexibility index (Phi) is 5.71. The standard InChI is InChI=1S/C18H29N5O2/c1-14(2)10-23-16-7-9-21(11-15(16)5-6-18(23)25)17(24)4-3-8-22-13-19-12-20-22/h12-16H,3-11H2,1-2H3/t15-,16+/m0/s1. The third-order valence-corrected chi connectivity index (χ3v) is 5.30. The fourth-order valence-electron chi connectivity index (χ4n) is 4.11. The number of piperidine rings is 2. The molecule has 0 radical (unpaired) electrons. The van der Waals surface area contributed by atoms with Crippen LogP contribution < -0.4 is 0 Å². The number of aromatic nitrogens is 3. The number of carbonyl (C=O) groups excluding carboxylic acids is 2. The Morgan fingerprint density at radius 2 is 2.20 bits per heavy atom. The Bertz CT molecular complexity index is 586. The van der Waals surface area contributed by atoms with Crippen molar-refractivity contribution in [2.75, 3.05) is 19.6 Å². The van der Waals surface area contributed by atoms with Gasteiger partial charge in [0.05, 0.1) is 0 Å². The molecule has 2 amide bonds. The lowest BCUT2D eigenvalue weighted by atomic mass is 9.83. The topological polar surface area (TPSA) is 71.3 Å². The van der Waals surface area contributed by atoms with Crippen molar-refractivity contribution >= 4 is 11.8 Å². The van der Waals surface area contributed by atoms with Crippen LogP contribution in [0.4, 0.5) is 0 Å². The molecule has 25 heavy (non-hydrogen) atoms. The molecule has 0 unspecified atom stereocenters. The van der Waals surface area contributed by atoms with E-state index in [1.807, 2.05) is 4.90 Å². The maximum Gasteiger partial charge on any atom is 0.222 e. The predicted molar refractivity (Wildman–Crippen MR) is 93.5 cm³/mol. The minimum atomic E-state index is 0.228. The van der Waals surface area contributed by atoms with Gasteiger partial charge in [0.15, 0.2) is 0 Å². The zero-order valence-electron chi connectivity index (χ0n) is 15.3. The number of carbonyl (C=O) groups is 2. The highest BCUT2D eigenvalue weighted by Gasteiger charge is 2.40. The number of amides is 2. The second kappa shape index (κ2) is 7.97. The molecular formula is C18H29N5O2. The largest absolute Gasteiger partial charge is 0.342 e. The molecule has 0 bridgehead atoms. The molecule has 0 aliphatic carbocycles. The van der Waals surface area contributed by atoms with E-state index in [0.29, 0.717) is 36.6 Å². The Hall–Kier alpha value is -1.92. The molecule has 7 nitrogen and oxygen atoms in total. The lowest BCUT2D eigenvalue weighted by Gasteiger charge is -2.47. The molecule has 0 aromatic carbocycles. The van der Waals surface area contributed by atoms with Gasteiger partial charge in [0, 0.05) is 45.1 Å². The first-order chi connectivity index (χ1) is 12.0. The van der Waals surface area contributed by atoms with Crippen molar-refractivity contribution in [3.8, 4) is 0 Å². The zero-order valence-corrected chi connectivity index (χ0v) is 15.3. The average Bonchev–Trinajstić information content (AvgIpc) is 3.10. The van der Waals surface area contributed by atoms with E-state index in [4.69, 9.17) is 0 Å². The number of hydrogen-bond donors (Lipinski definition) is 0. The fraction of sp³-hybridized carbons (Fsp3) is 0.778. The van der Waals surface area contributed by atoms with E-state index in [-0.39, 0.29) is 5.91 Å². The Labute approximate surface area is 149 Å². The number of hydrogen-bond acceptors (Lipinski definition) is 4. The normalized spacial score (nSPS) is 23.9. The van der Waals surface area contributed by atoms with Crippen molar-refractivity contribution in [2.24, 2.45) is 11.8 Å². The first-order valence-corrected chi connectivity index (χ1v) is 9.44. The van der Waals surface area contributed by atoms with Crippen molar-refractivity contribution < 1.29 is 9.59 Å². The van der Waals surface area contributed by atoms with E-state index in [0.717, 1.165) is 45.4 Å². The summed E-state index contributed by atoms with van der Waals surface area (Å²) in [5.41, 5.74) is 0. The molecule has 2 saturated heterocycles. The molecule has 0 saturated carbocycles. The molecule has 2 fully saturated rings. The van der Waals surface area contributed by atoms with Crippen molar-refractivity contribution in [2.45, 2.75) is 58.5 Å². The van der Waals surface area contributed by atoms with E-state index >= 15 is 0 Å². The molecule has 1 aromatic rings. The van der Waals surface area contributed by atoms with E-state index < -0.39 is 0 Å². The summed E-state index contributed by atoms with van der Waals surface area (Å²) in [4.78, 5) is 32.8. The van der Waals surface area contributed by atoms with Gasteiger partial charge in [-0.1, -0.05) is 13.8 Å². The van der Waals surface area contributed by atoms with Crippen LogP contribution in [0.2, 0.25) is 0 Å². The van der Waals surface area contributed by atoms with Gasteiger partial charge in [0.25, 0.3) is 0 Å². The molecule has 0 N–H and O–H groups in total. The fourth-order valence-corrected chi connectivity index (χ4v) is 4.11. The molecule has 2 aliphatic rings. The molecule has 2 aliphatic heterocycles. The summed E-state index contributed by atoms with van der Waals surface area (Å²) in [6.45, 7) is 7.45. The summed E-state index contributed by atoms with van der Waals surface area (Å²) in [5, 5.41) is 4.06. The second-order valence-corrected chi connectivity index (χ2v) is 7.70. The maximum atomic E-state index is 12.5. The number of nitrogens with zero attached hydrogens (tertiary/aromatic N) is 5. The van der Waals surface area contributed by atoms with Gasteiger partial charge in [-0.3, -0.25) is 14.3 Å². The van der Waals surface area contributed by atoms with Crippen LogP contribution in [-0.2, 0) is 16.1 Å². The molecule has 7 heteroatoms. The van der Waals surface area contributed by atoms with Crippen LogP contribution in [0.5, 0.6) is 0 Å². The van der Waals surface area contributed by atoms with Crippen LogP contribution >= 0.6 is 0 Å². The smallest absolute Gasteiger partial charge is 0.222 e. The Morgan fingerprint density at radius 1 is 1.36 bits per heavy atom. The lowest BCUT2D eigenvalue weighted by molar-refractivity contribution is -0.144. The summed E-state index contributed by atoms with van der Waals surface area (Å²) < 4.78 is 1.76. The van der Waals surface area contributed by atoms with E-state index in [1.165, 1.54) is 6.33 Å². The summed E-state index contributed by atoms with van der Waals surface area (Å²) in [6, 6.07) is 0.322. The molecule has 138 valence electrons. The summed E-state index contributed by atoms with van der Waals surface area (Å²) in [5.74, 6) is 1.44. The van der Waals surface area contributed by atoms with Gasteiger partial charge in [-0.05, 0) is 31.1 Å². The van der Waals surface area contributed by atoms with Gasteiger partial charge >= 0.3 is 0 Å². The molecule has 3 heterocycles. The van der Waals surface area contributed by atoms with Crippen molar-refractivity contribution in [3.63, 3.8) is 0 Å². The third-order valence-electron chi connectivity index (χ3n) is 5.30. The first-order valence-electron chi connectivity index (χ1n) is 9.44. The van der Waals surface area contributed by atoms with Gasteiger partial charge < -0.3 is 9.80 Å². The maximum absolute atomic E-state index is 12.5. The van der Waals surface area contributed by atoms with Gasteiger partial charge in [0.2, 0.25) is 11.8 Å². The van der Waals surface area contributed by atoms with Crippen LogP contribution in [-0.4, -0.2) is 62.1 Å². The lowest BCUT2D eigenvalue weighted by Crippen LogP contribution is -2.57. The zero-order chi connectivity index (χ0) is 17.8. The quantitative estimate of drug-likeness (QED) is 0.783.